The second-order valence-electron chi connectivity index (χ2n) is 5.83. The van der Waals surface area contributed by atoms with Crippen LogP contribution < -0.4 is 5.32 Å². The molecule has 1 aliphatic carbocycles. The molecule has 108 valence electrons. The molecule has 1 saturated carbocycles. The Bertz CT molecular complexity index is 494. The first-order chi connectivity index (χ1) is 9.44. The van der Waals surface area contributed by atoms with Gasteiger partial charge in [0.25, 0.3) is 0 Å². The van der Waals surface area contributed by atoms with Gasteiger partial charge in [-0.3, -0.25) is 9.59 Å². The van der Waals surface area contributed by atoms with E-state index >= 15 is 0 Å². The zero-order valence-electron chi connectivity index (χ0n) is 11.9. The summed E-state index contributed by atoms with van der Waals surface area (Å²) < 4.78 is 0. The molecule has 0 saturated heterocycles. The molecule has 0 aliphatic heterocycles. The number of hydrogen-bond donors (Lipinski definition) is 2. The first kappa shape index (κ1) is 14.6. The quantitative estimate of drug-likeness (QED) is 0.836. The van der Waals surface area contributed by atoms with Crippen molar-refractivity contribution in [2.45, 2.75) is 39.2 Å². The minimum absolute atomic E-state index is 0.0121. The van der Waals surface area contributed by atoms with E-state index in [4.69, 9.17) is 5.11 Å². The molecule has 0 aromatic heterocycles. The molecule has 20 heavy (non-hydrogen) atoms. The van der Waals surface area contributed by atoms with Gasteiger partial charge in [-0.05, 0) is 38.7 Å². The van der Waals surface area contributed by atoms with Gasteiger partial charge in [-0.25, -0.2) is 0 Å². The molecule has 0 spiro atoms. The van der Waals surface area contributed by atoms with Crippen LogP contribution in [-0.2, 0) is 16.0 Å². The maximum atomic E-state index is 12.4. The molecule has 1 aromatic rings. The first-order valence-corrected chi connectivity index (χ1v) is 7.02. The molecule has 1 amide bonds. The van der Waals surface area contributed by atoms with Gasteiger partial charge in [-0.15, -0.1) is 0 Å². The van der Waals surface area contributed by atoms with Gasteiger partial charge in [0.15, 0.2) is 0 Å². The molecular formula is C16H21NO3. The van der Waals surface area contributed by atoms with E-state index in [9.17, 15) is 9.59 Å². The van der Waals surface area contributed by atoms with Gasteiger partial charge < -0.3 is 10.4 Å². The van der Waals surface area contributed by atoms with Crippen molar-refractivity contribution in [3.8, 4) is 0 Å². The van der Waals surface area contributed by atoms with Crippen LogP contribution in [0.3, 0.4) is 0 Å². The molecule has 4 heteroatoms. The van der Waals surface area contributed by atoms with Gasteiger partial charge in [0.1, 0.15) is 0 Å². The Balaban J connectivity index is 1.97. The van der Waals surface area contributed by atoms with Crippen molar-refractivity contribution in [3.63, 3.8) is 0 Å². The monoisotopic (exact) mass is 275 g/mol. The summed E-state index contributed by atoms with van der Waals surface area (Å²) in [5.41, 5.74) is 0.826. The van der Waals surface area contributed by atoms with E-state index in [1.165, 1.54) is 0 Å². The lowest BCUT2D eigenvalue weighted by atomic mass is 9.94. The molecular weight excluding hydrogens is 254 g/mol. The van der Waals surface area contributed by atoms with E-state index in [-0.39, 0.29) is 17.4 Å². The Labute approximate surface area is 119 Å². The van der Waals surface area contributed by atoms with Gasteiger partial charge in [-0.2, -0.15) is 0 Å². The van der Waals surface area contributed by atoms with Crippen LogP contribution in [0.25, 0.3) is 0 Å². The largest absolute Gasteiger partial charge is 0.481 e. The van der Waals surface area contributed by atoms with Crippen molar-refractivity contribution in [1.82, 2.24) is 5.32 Å². The van der Waals surface area contributed by atoms with Crippen LogP contribution in [0.2, 0.25) is 0 Å². The molecule has 0 heterocycles. The lowest BCUT2D eigenvalue weighted by molar-refractivity contribution is -0.142. The molecule has 1 fully saturated rings. The zero-order chi connectivity index (χ0) is 14.8. The Hall–Kier alpha value is -1.84. The number of nitrogens with one attached hydrogen (secondary N) is 1. The SMILES string of the molecule is CC(NC(=O)C1(Cc2ccccc2)CC1)C(C)C(=O)O. The molecule has 0 radical (unpaired) electrons. The molecule has 0 bridgehead atoms. The minimum atomic E-state index is -0.884. The Morgan fingerprint density at radius 2 is 1.85 bits per heavy atom. The number of aliphatic carboxylic acids is 1. The fourth-order valence-corrected chi connectivity index (χ4v) is 2.32. The third-order valence-corrected chi connectivity index (χ3v) is 4.22. The van der Waals surface area contributed by atoms with Crippen LogP contribution in [0, 0.1) is 11.3 Å². The molecule has 2 atom stereocenters. The summed E-state index contributed by atoms with van der Waals surface area (Å²) in [5.74, 6) is -1.47. The van der Waals surface area contributed by atoms with Crippen molar-refractivity contribution in [3.05, 3.63) is 35.9 Å². The smallest absolute Gasteiger partial charge is 0.308 e. The number of benzene rings is 1. The van der Waals surface area contributed by atoms with E-state index in [2.05, 4.69) is 5.32 Å². The number of hydrogen-bond acceptors (Lipinski definition) is 2. The van der Waals surface area contributed by atoms with Gasteiger partial charge in [0, 0.05) is 6.04 Å². The summed E-state index contributed by atoms with van der Waals surface area (Å²) in [4.78, 5) is 23.3. The number of rotatable bonds is 6. The number of carboxylic acid groups (broad SMARTS) is 1. The van der Waals surface area contributed by atoms with E-state index < -0.39 is 11.9 Å². The summed E-state index contributed by atoms with van der Waals surface area (Å²) >= 11 is 0. The molecule has 1 aromatic carbocycles. The Morgan fingerprint density at radius 1 is 1.25 bits per heavy atom. The summed E-state index contributed by atoms with van der Waals surface area (Å²) in [6.07, 6.45) is 2.48. The molecule has 2 N–H and O–H groups in total. The predicted octanol–water partition coefficient (Wildman–Crippen LogP) is 2.23. The zero-order valence-corrected chi connectivity index (χ0v) is 11.9. The average molecular weight is 275 g/mol. The van der Waals surface area contributed by atoms with Crippen molar-refractivity contribution >= 4 is 11.9 Å². The van der Waals surface area contributed by atoms with Gasteiger partial charge in [0.05, 0.1) is 11.3 Å². The maximum absolute atomic E-state index is 12.4. The normalized spacial score (nSPS) is 18.9. The standard InChI is InChI=1S/C16H21NO3/c1-11(14(18)19)12(2)17-15(20)16(8-9-16)10-13-6-4-3-5-7-13/h3-7,11-12H,8-10H2,1-2H3,(H,17,20)(H,18,19). The number of carbonyl (C=O) groups is 2. The summed E-state index contributed by atoms with van der Waals surface area (Å²) in [7, 11) is 0. The Kier molecular flexibility index (Phi) is 4.12. The molecule has 1 aliphatic rings. The van der Waals surface area contributed by atoms with Crippen LogP contribution in [-0.4, -0.2) is 23.0 Å². The first-order valence-electron chi connectivity index (χ1n) is 7.02. The lowest BCUT2D eigenvalue weighted by Gasteiger charge is -2.22. The highest BCUT2D eigenvalue weighted by Gasteiger charge is 2.50. The average Bonchev–Trinajstić information content (AvgIpc) is 3.19. The number of amides is 1. The van der Waals surface area contributed by atoms with Crippen molar-refractivity contribution in [2.75, 3.05) is 0 Å². The highest BCUT2D eigenvalue weighted by atomic mass is 16.4. The van der Waals surface area contributed by atoms with Crippen molar-refractivity contribution in [1.29, 1.82) is 0 Å². The molecule has 2 unspecified atom stereocenters. The van der Waals surface area contributed by atoms with E-state index in [0.717, 1.165) is 24.8 Å². The molecule has 4 nitrogen and oxygen atoms in total. The second kappa shape index (κ2) is 5.65. The Morgan fingerprint density at radius 3 is 2.35 bits per heavy atom. The summed E-state index contributed by atoms with van der Waals surface area (Å²) in [6, 6.07) is 9.59. The highest BCUT2D eigenvalue weighted by molar-refractivity contribution is 5.86. The van der Waals surface area contributed by atoms with Crippen LogP contribution >= 0.6 is 0 Å². The van der Waals surface area contributed by atoms with Crippen LogP contribution in [0.1, 0.15) is 32.3 Å². The predicted molar refractivity (Wildman–Crippen MR) is 76.2 cm³/mol. The summed E-state index contributed by atoms with van der Waals surface area (Å²) in [5, 5.41) is 11.8. The van der Waals surface area contributed by atoms with Crippen molar-refractivity contribution < 1.29 is 14.7 Å². The van der Waals surface area contributed by atoms with Gasteiger partial charge in [-0.1, -0.05) is 30.3 Å². The van der Waals surface area contributed by atoms with E-state index in [1.807, 2.05) is 30.3 Å². The fourth-order valence-electron chi connectivity index (χ4n) is 2.32. The van der Waals surface area contributed by atoms with Gasteiger partial charge >= 0.3 is 5.97 Å². The lowest BCUT2D eigenvalue weighted by Crippen LogP contribution is -2.44. The third kappa shape index (κ3) is 3.18. The number of carboxylic acids is 1. The summed E-state index contributed by atoms with van der Waals surface area (Å²) in [6.45, 7) is 3.36. The highest BCUT2D eigenvalue weighted by Crippen LogP contribution is 2.48. The molecule has 2 rings (SSSR count). The van der Waals surface area contributed by atoms with Crippen LogP contribution in [0.15, 0.2) is 30.3 Å². The minimum Gasteiger partial charge on any atom is -0.481 e. The topological polar surface area (TPSA) is 66.4 Å². The number of carbonyl (C=O) groups excluding carboxylic acids is 1. The second-order valence-corrected chi connectivity index (χ2v) is 5.83. The van der Waals surface area contributed by atoms with E-state index in [1.54, 1.807) is 13.8 Å². The fraction of sp³-hybridized carbons (Fsp3) is 0.500. The van der Waals surface area contributed by atoms with Crippen molar-refractivity contribution in [2.24, 2.45) is 11.3 Å². The maximum Gasteiger partial charge on any atom is 0.308 e. The van der Waals surface area contributed by atoms with Gasteiger partial charge in [0.2, 0.25) is 5.91 Å². The third-order valence-electron chi connectivity index (χ3n) is 4.22. The van der Waals surface area contributed by atoms with E-state index in [0.29, 0.717) is 0 Å². The van der Waals surface area contributed by atoms with Crippen LogP contribution in [0.4, 0.5) is 0 Å². The van der Waals surface area contributed by atoms with Crippen LogP contribution in [0.5, 0.6) is 0 Å².